The lowest BCUT2D eigenvalue weighted by Crippen LogP contribution is -2.53. The SMILES string of the molecule is CO[Si](OC)(OC)[SiH2][SiH2][SiH2][SiH2][SiH2][SiH2][SiH2][SiH2][SiH2][SiH2][SiH2][SiH2][SiH2][SiH3]. The van der Waals surface area contributed by atoms with E-state index in [1.807, 2.05) is 21.3 Å². The fourth-order valence-corrected chi connectivity index (χ4v) is 504. The fourth-order valence-electron chi connectivity index (χ4n) is 2.74. The highest BCUT2D eigenvalue weighted by molar-refractivity contribution is 7.73. The van der Waals surface area contributed by atoms with Crippen LogP contribution in [0.1, 0.15) is 0 Å². The van der Waals surface area contributed by atoms with Crippen molar-refractivity contribution in [3.63, 3.8) is 0 Å². The van der Waals surface area contributed by atoms with Gasteiger partial charge < -0.3 is 13.3 Å². The summed E-state index contributed by atoms with van der Waals surface area (Å²) < 4.78 is 16.8. The highest BCUT2D eigenvalue weighted by Crippen LogP contribution is 2.01. The molecule has 0 saturated carbocycles. The summed E-state index contributed by atoms with van der Waals surface area (Å²) in [6.45, 7) is 0. The van der Waals surface area contributed by atoms with E-state index in [2.05, 4.69) is 0 Å². The highest BCUT2D eigenvalue weighted by Gasteiger charge is 2.36. The Bertz CT molecular complexity index is 206. The van der Waals surface area contributed by atoms with E-state index in [9.17, 15) is 0 Å². The predicted molar refractivity (Wildman–Crippen MR) is 148 cm³/mol. The molecule has 0 aromatic carbocycles. The van der Waals surface area contributed by atoms with Crippen molar-refractivity contribution in [3.05, 3.63) is 0 Å². The summed E-state index contributed by atoms with van der Waals surface area (Å²) in [5.74, 6) is 0. The molecule has 0 bridgehead atoms. The van der Waals surface area contributed by atoms with E-state index in [1.165, 1.54) is 0 Å². The van der Waals surface area contributed by atoms with Crippen LogP contribution in [0.5, 0.6) is 0 Å². The molecule has 0 aliphatic rings. The zero-order chi connectivity index (χ0) is 15.8. The third kappa shape index (κ3) is 14.0. The second-order valence-electron chi connectivity index (χ2n) is 5.93. The molecule has 3 nitrogen and oxygen atoms in total. The van der Waals surface area contributed by atoms with E-state index in [1.54, 1.807) is 9.76 Å². The Kier molecular flexibility index (Phi) is 20.6. The van der Waals surface area contributed by atoms with Crippen LogP contribution in [-0.2, 0) is 13.3 Å². The van der Waals surface area contributed by atoms with Crippen molar-refractivity contribution in [2.45, 2.75) is 0 Å². The van der Waals surface area contributed by atoms with Gasteiger partial charge in [-0.3, -0.25) is 0 Å². The Morgan fingerprint density at radius 2 is 0.905 bits per heavy atom. The third-order valence-corrected chi connectivity index (χ3v) is 259. The molecule has 0 rings (SSSR count). The number of hydrogen-bond acceptors (Lipinski definition) is 3. The number of hydrogen-bond donors (Lipinski definition) is 0. The van der Waals surface area contributed by atoms with Gasteiger partial charge >= 0.3 is 8.32 Å². The lowest BCUT2D eigenvalue weighted by atomic mass is 11.8. The van der Waals surface area contributed by atoms with E-state index < -0.39 is 8.32 Å². The molecule has 0 fully saturated rings. The quantitative estimate of drug-likeness (QED) is 0.143. The van der Waals surface area contributed by atoms with E-state index in [0.717, 1.165) is 77.0 Å². The van der Waals surface area contributed by atoms with Gasteiger partial charge in [0.2, 0.25) is 0 Å². The smallest absolute Gasteiger partial charge is 0.380 e. The van der Waals surface area contributed by atoms with Crippen LogP contribution in [0.3, 0.4) is 0 Å². The van der Waals surface area contributed by atoms with Gasteiger partial charge in [-0.25, -0.2) is 0 Å². The van der Waals surface area contributed by atoms with Crippen LogP contribution in [0.25, 0.3) is 0 Å². The molecule has 0 spiro atoms. The average Bonchev–Trinajstić information content (AvgIpc) is 2.53. The molecule has 0 saturated heterocycles. The highest BCUT2D eigenvalue weighted by atomic mass is 30.1. The standard InChI is InChI=1S/C3H38O3Si15/c1-4-21(5-2,6-3)20-19-18-17-16-15-14-13-12-11-10-9-8-7/h8-20H2,1-3,7H3. The molecule has 0 N–H and O–H groups in total. The van der Waals surface area contributed by atoms with Crippen molar-refractivity contribution in [2.75, 3.05) is 21.3 Å². The first-order chi connectivity index (χ1) is 10.2. The van der Waals surface area contributed by atoms with Gasteiger partial charge in [-0.05, 0) is 104 Å². The topological polar surface area (TPSA) is 27.7 Å². The molecule has 21 heavy (non-hydrogen) atoms. The van der Waals surface area contributed by atoms with Crippen molar-refractivity contribution >= 4 is 129 Å². The molecule has 0 aliphatic carbocycles. The average molecular weight is 544 g/mol. The Morgan fingerprint density at radius 1 is 0.571 bits per heavy atom. The van der Waals surface area contributed by atoms with Gasteiger partial charge in [-0.15, -0.1) is 0 Å². The minimum absolute atomic E-state index is 0.0454. The minimum atomic E-state index is -1.99. The van der Waals surface area contributed by atoms with Crippen molar-refractivity contribution in [2.24, 2.45) is 0 Å². The van der Waals surface area contributed by atoms with Gasteiger partial charge in [-0.1, -0.05) is 0 Å². The van der Waals surface area contributed by atoms with Crippen molar-refractivity contribution in [1.29, 1.82) is 0 Å². The first-order valence-corrected chi connectivity index (χ1v) is 66.6. The first kappa shape index (κ1) is 24.1. The van der Waals surface area contributed by atoms with E-state index in [0.29, 0.717) is 25.7 Å². The molecule has 18 heteroatoms. The summed E-state index contributed by atoms with van der Waals surface area (Å²) in [5, 5.41) is 0. The lowest BCUT2D eigenvalue weighted by molar-refractivity contribution is 0.149. The second-order valence-corrected chi connectivity index (χ2v) is 132. The van der Waals surface area contributed by atoms with E-state index in [4.69, 9.17) is 13.3 Å². The predicted octanol–water partition coefficient (Wildman–Crippen LogP) is -13.2. The summed E-state index contributed by atoms with van der Waals surface area (Å²) in [7, 11) is 14.1. The molecule has 0 aromatic rings. The van der Waals surface area contributed by atoms with Gasteiger partial charge in [0.15, 0.2) is 0 Å². The van der Waals surface area contributed by atoms with E-state index in [-0.39, 0.29) is 8.55 Å². The first-order valence-electron chi connectivity index (χ1n) is 8.90. The van der Waals surface area contributed by atoms with Crippen LogP contribution in [-0.4, -0.2) is 151 Å². The van der Waals surface area contributed by atoms with E-state index >= 15 is 0 Å². The third-order valence-electron chi connectivity index (χ3n) is 4.27. The molecule has 0 atom stereocenters. The fraction of sp³-hybridized carbons (Fsp3) is 1.00. The maximum atomic E-state index is 5.62. The molecular formula is C3H38O3Si15. The molecule has 128 valence electrons. The Hall–Kier alpha value is 3.13. The molecular weight excluding hydrogens is 505 g/mol. The maximum absolute atomic E-state index is 5.62. The van der Waals surface area contributed by atoms with Crippen LogP contribution in [0.2, 0.25) is 0 Å². The zero-order valence-electron chi connectivity index (χ0n) is 14.9. The summed E-state index contributed by atoms with van der Waals surface area (Å²) in [6, 6.07) is 0. The molecule has 0 aromatic heterocycles. The normalized spacial score (nSPS) is 19.6. The van der Waals surface area contributed by atoms with Crippen LogP contribution < -0.4 is 0 Å². The van der Waals surface area contributed by atoms with Gasteiger partial charge in [0.05, 0.1) is 0 Å². The summed E-state index contributed by atoms with van der Waals surface area (Å²) in [6.07, 6.45) is 0. The molecule has 0 amide bonds. The van der Waals surface area contributed by atoms with Crippen molar-refractivity contribution in [3.8, 4) is 0 Å². The van der Waals surface area contributed by atoms with Crippen molar-refractivity contribution in [1.82, 2.24) is 0 Å². The van der Waals surface area contributed by atoms with Gasteiger partial charge in [-0.2, -0.15) is 0 Å². The zero-order valence-corrected chi connectivity index (χ0v) is 36.3. The molecule has 0 aliphatic heterocycles. The largest absolute Gasteiger partial charge is 0.457 e. The van der Waals surface area contributed by atoms with Crippen molar-refractivity contribution < 1.29 is 13.3 Å². The Labute approximate surface area is 162 Å². The maximum Gasteiger partial charge on any atom is 0.457 e. The summed E-state index contributed by atoms with van der Waals surface area (Å²) in [4.78, 5) is 0. The van der Waals surface area contributed by atoms with Crippen LogP contribution in [0.15, 0.2) is 0 Å². The molecule has 0 unspecified atom stereocenters. The molecule has 0 radical (unpaired) electrons. The second kappa shape index (κ2) is 17.9. The van der Waals surface area contributed by atoms with Gasteiger partial charge in [0, 0.05) is 29.9 Å². The summed E-state index contributed by atoms with van der Waals surface area (Å²) in [5.41, 5.74) is 0. The van der Waals surface area contributed by atoms with Crippen LogP contribution >= 0.6 is 0 Å². The molecule has 0 heterocycles. The Morgan fingerprint density at radius 3 is 1.24 bits per heavy atom. The van der Waals surface area contributed by atoms with Crippen LogP contribution in [0.4, 0.5) is 0 Å². The lowest BCUT2D eigenvalue weighted by Gasteiger charge is -2.24. The number of rotatable bonds is 16. The van der Waals surface area contributed by atoms with Crippen LogP contribution in [0, 0.1) is 0 Å². The van der Waals surface area contributed by atoms with Gasteiger partial charge in [0.1, 0.15) is 8.55 Å². The summed E-state index contributed by atoms with van der Waals surface area (Å²) >= 11 is 0. The van der Waals surface area contributed by atoms with Gasteiger partial charge in [0.25, 0.3) is 0 Å². The Balaban J connectivity index is 3.29. The minimum Gasteiger partial charge on any atom is -0.380 e. The monoisotopic (exact) mass is 542 g/mol.